The highest BCUT2D eigenvalue weighted by molar-refractivity contribution is 5.42. The van der Waals surface area contributed by atoms with Crippen molar-refractivity contribution in [1.29, 1.82) is 0 Å². The van der Waals surface area contributed by atoms with E-state index in [1.807, 2.05) is 16.9 Å². The number of nitrogens with zero attached hydrogens (tertiary/aromatic N) is 3. The summed E-state index contributed by atoms with van der Waals surface area (Å²) < 4.78 is 4.07. The molecule has 68 valence electrons. The number of rotatable bonds is 1. The van der Waals surface area contributed by atoms with E-state index in [9.17, 15) is 0 Å². The minimum Gasteiger partial charge on any atom is -0.334 e. The summed E-state index contributed by atoms with van der Waals surface area (Å²) in [6, 6.07) is 2.21. The second-order valence-corrected chi connectivity index (χ2v) is 3.91. The fourth-order valence-electron chi connectivity index (χ4n) is 1.92. The molecule has 2 aromatic heterocycles. The first-order chi connectivity index (χ1) is 6.34. The van der Waals surface area contributed by atoms with E-state index in [4.69, 9.17) is 0 Å². The highest BCUT2D eigenvalue weighted by Gasteiger charge is 2.22. The molecule has 13 heavy (non-hydrogen) atoms. The van der Waals surface area contributed by atoms with Crippen LogP contribution in [0.1, 0.15) is 30.9 Å². The van der Waals surface area contributed by atoms with Crippen molar-refractivity contribution in [3.8, 4) is 0 Å². The van der Waals surface area contributed by atoms with Crippen molar-refractivity contribution in [2.24, 2.45) is 7.05 Å². The van der Waals surface area contributed by atoms with Gasteiger partial charge in [0, 0.05) is 31.4 Å². The molecule has 3 heteroatoms. The van der Waals surface area contributed by atoms with E-state index >= 15 is 0 Å². The standard InChI is InChI=1S/C10H13N3/c1-12-5-6-13-10(12)7-9(11-13)8-3-2-4-8/h5-8H,2-4H2,1H3. The number of fused-ring (bicyclic) bond motifs is 1. The lowest BCUT2D eigenvalue weighted by molar-refractivity contribution is 0.409. The molecular formula is C10H13N3. The molecule has 0 saturated heterocycles. The van der Waals surface area contributed by atoms with Crippen molar-refractivity contribution >= 4 is 5.65 Å². The zero-order chi connectivity index (χ0) is 8.84. The molecule has 2 aromatic rings. The molecular weight excluding hydrogens is 162 g/mol. The monoisotopic (exact) mass is 175 g/mol. The van der Waals surface area contributed by atoms with E-state index in [-0.39, 0.29) is 0 Å². The van der Waals surface area contributed by atoms with Crippen LogP contribution in [0.25, 0.3) is 5.65 Å². The van der Waals surface area contributed by atoms with Gasteiger partial charge in [-0.3, -0.25) is 0 Å². The number of aromatic nitrogens is 3. The first kappa shape index (κ1) is 7.18. The van der Waals surface area contributed by atoms with Crippen molar-refractivity contribution < 1.29 is 0 Å². The third-order valence-corrected chi connectivity index (χ3v) is 3.05. The number of imidazole rings is 1. The van der Waals surface area contributed by atoms with Crippen molar-refractivity contribution in [3.05, 3.63) is 24.2 Å². The van der Waals surface area contributed by atoms with Crippen LogP contribution in [-0.4, -0.2) is 14.2 Å². The van der Waals surface area contributed by atoms with Crippen LogP contribution in [-0.2, 0) is 7.05 Å². The Bertz CT molecular complexity index is 434. The predicted octanol–water partition coefficient (Wildman–Crippen LogP) is 1.94. The van der Waals surface area contributed by atoms with Crippen molar-refractivity contribution in [2.45, 2.75) is 25.2 Å². The van der Waals surface area contributed by atoms with Gasteiger partial charge in [0.1, 0.15) is 5.65 Å². The number of hydrogen-bond donors (Lipinski definition) is 0. The summed E-state index contributed by atoms with van der Waals surface area (Å²) in [5.74, 6) is 0.736. The Morgan fingerprint density at radius 1 is 1.38 bits per heavy atom. The van der Waals surface area contributed by atoms with Crippen LogP contribution < -0.4 is 0 Å². The molecule has 0 aromatic carbocycles. The van der Waals surface area contributed by atoms with Gasteiger partial charge in [-0.15, -0.1) is 0 Å². The summed E-state index contributed by atoms with van der Waals surface area (Å²) in [6.45, 7) is 0. The third-order valence-electron chi connectivity index (χ3n) is 3.05. The van der Waals surface area contributed by atoms with E-state index < -0.39 is 0 Å². The largest absolute Gasteiger partial charge is 0.334 e. The molecule has 1 saturated carbocycles. The second kappa shape index (κ2) is 2.37. The summed E-state index contributed by atoms with van der Waals surface area (Å²) in [7, 11) is 2.06. The maximum absolute atomic E-state index is 4.55. The first-order valence-electron chi connectivity index (χ1n) is 4.85. The summed E-state index contributed by atoms with van der Waals surface area (Å²) in [5, 5.41) is 4.55. The molecule has 0 bridgehead atoms. The molecule has 3 nitrogen and oxygen atoms in total. The fraction of sp³-hybridized carbons (Fsp3) is 0.500. The molecule has 3 rings (SSSR count). The molecule has 0 N–H and O–H groups in total. The Morgan fingerprint density at radius 2 is 2.23 bits per heavy atom. The normalized spacial score (nSPS) is 17.9. The average Bonchev–Trinajstić information content (AvgIpc) is 2.51. The molecule has 0 amide bonds. The minimum atomic E-state index is 0.736. The maximum Gasteiger partial charge on any atom is 0.135 e. The summed E-state index contributed by atoms with van der Waals surface area (Å²) in [4.78, 5) is 0. The highest BCUT2D eigenvalue weighted by atomic mass is 15.3. The van der Waals surface area contributed by atoms with E-state index in [0.29, 0.717) is 0 Å². The van der Waals surface area contributed by atoms with Gasteiger partial charge in [0.25, 0.3) is 0 Å². The zero-order valence-corrected chi connectivity index (χ0v) is 7.77. The lowest BCUT2D eigenvalue weighted by Gasteiger charge is -2.22. The van der Waals surface area contributed by atoms with Crippen LogP contribution >= 0.6 is 0 Å². The van der Waals surface area contributed by atoms with Crippen molar-refractivity contribution in [2.75, 3.05) is 0 Å². The van der Waals surface area contributed by atoms with Gasteiger partial charge in [-0.25, -0.2) is 4.52 Å². The lowest BCUT2D eigenvalue weighted by Crippen LogP contribution is -2.09. The van der Waals surface area contributed by atoms with Crippen LogP contribution in [0.2, 0.25) is 0 Å². The van der Waals surface area contributed by atoms with E-state index in [1.54, 1.807) is 0 Å². The smallest absolute Gasteiger partial charge is 0.135 e. The molecule has 1 aliphatic rings. The van der Waals surface area contributed by atoms with Gasteiger partial charge < -0.3 is 4.57 Å². The Hall–Kier alpha value is -1.25. The Morgan fingerprint density at radius 3 is 2.85 bits per heavy atom. The Kier molecular flexibility index (Phi) is 1.31. The van der Waals surface area contributed by atoms with E-state index in [2.05, 4.69) is 22.8 Å². The Balaban J connectivity index is 2.10. The van der Waals surface area contributed by atoms with Crippen LogP contribution in [0.3, 0.4) is 0 Å². The molecule has 1 aliphatic carbocycles. The summed E-state index contributed by atoms with van der Waals surface area (Å²) in [6.07, 6.45) is 8.07. The molecule has 0 aliphatic heterocycles. The summed E-state index contributed by atoms with van der Waals surface area (Å²) >= 11 is 0. The summed E-state index contributed by atoms with van der Waals surface area (Å²) in [5.41, 5.74) is 2.47. The van der Waals surface area contributed by atoms with Crippen LogP contribution in [0, 0.1) is 0 Å². The molecule has 0 unspecified atom stereocenters. The highest BCUT2D eigenvalue weighted by Crippen LogP contribution is 2.35. The van der Waals surface area contributed by atoms with Crippen molar-refractivity contribution in [1.82, 2.24) is 14.2 Å². The van der Waals surface area contributed by atoms with Gasteiger partial charge in [-0.05, 0) is 12.8 Å². The second-order valence-electron chi connectivity index (χ2n) is 3.91. The van der Waals surface area contributed by atoms with Gasteiger partial charge >= 0.3 is 0 Å². The van der Waals surface area contributed by atoms with Gasteiger partial charge in [-0.1, -0.05) is 6.42 Å². The van der Waals surface area contributed by atoms with E-state index in [0.717, 1.165) is 5.92 Å². The minimum absolute atomic E-state index is 0.736. The first-order valence-corrected chi connectivity index (χ1v) is 4.85. The lowest BCUT2D eigenvalue weighted by atomic mass is 9.83. The molecule has 0 spiro atoms. The van der Waals surface area contributed by atoms with Gasteiger partial charge in [0.2, 0.25) is 0 Å². The molecule has 2 heterocycles. The number of aryl methyl sites for hydroxylation is 1. The van der Waals surface area contributed by atoms with Crippen LogP contribution in [0.4, 0.5) is 0 Å². The Labute approximate surface area is 77.0 Å². The van der Waals surface area contributed by atoms with Gasteiger partial charge in [0.15, 0.2) is 0 Å². The van der Waals surface area contributed by atoms with Gasteiger partial charge in [-0.2, -0.15) is 5.10 Å². The quantitative estimate of drug-likeness (QED) is 0.649. The average molecular weight is 175 g/mol. The van der Waals surface area contributed by atoms with Crippen molar-refractivity contribution in [3.63, 3.8) is 0 Å². The third kappa shape index (κ3) is 0.930. The van der Waals surface area contributed by atoms with E-state index in [1.165, 1.54) is 30.6 Å². The number of hydrogen-bond acceptors (Lipinski definition) is 1. The zero-order valence-electron chi connectivity index (χ0n) is 7.77. The maximum atomic E-state index is 4.55. The topological polar surface area (TPSA) is 22.2 Å². The predicted molar refractivity (Wildman–Crippen MR) is 50.8 cm³/mol. The van der Waals surface area contributed by atoms with Crippen LogP contribution in [0.5, 0.6) is 0 Å². The van der Waals surface area contributed by atoms with Gasteiger partial charge in [0.05, 0.1) is 5.69 Å². The molecule has 1 fully saturated rings. The SMILES string of the molecule is Cn1ccn2nc(C3CCC3)cc12. The molecule has 0 atom stereocenters. The fourth-order valence-corrected chi connectivity index (χ4v) is 1.92. The van der Waals surface area contributed by atoms with Crippen LogP contribution in [0.15, 0.2) is 18.5 Å². The molecule has 0 radical (unpaired) electrons.